The second-order valence-electron chi connectivity index (χ2n) is 5.31. The van der Waals surface area contributed by atoms with E-state index in [1.54, 1.807) is 26.8 Å². The van der Waals surface area contributed by atoms with Gasteiger partial charge in [-0.25, -0.2) is 4.79 Å². The molecule has 0 aliphatic rings. The van der Waals surface area contributed by atoms with Crippen molar-refractivity contribution in [2.75, 3.05) is 0 Å². The van der Waals surface area contributed by atoms with Gasteiger partial charge in [0, 0.05) is 0 Å². The first-order valence-electron chi connectivity index (χ1n) is 5.58. The standard InChI is InChI=1S/C13H22O3/c1-9(2)7-8-11(10(3)14)12(15)16-13(4,5)6/h8-9H,7H2,1-6H3. The number of Topliss-reactive ketones (excluding diaryl/α,β-unsaturated/α-hetero) is 1. The minimum absolute atomic E-state index is 0.156. The van der Waals surface area contributed by atoms with Gasteiger partial charge in [-0.1, -0.05) is 19.9 Å². The van der Waals surface area contributed by atoms with Crippen LogP contribution in [0.1, 0.15) is 48.0 Å². The molecule has 0 bridgehead atoms. The number of ketones is 1. The molecule has 0 unspecified atom stereocenters. The molecular weight excluding hydrogens is 204 g/mol. The minimum atomic E-state index is -0.566. The van der Waals surface area contributed by atoms with Gasteiger partial charge in [0.25, 0.3) is 0 Å². The maximum absolute atomic E-state index is 11.7. The number of carbonyl (C=O) groups is 2. The van der Waals surface area contributed by atoms with Gasteiger partial charge >= 0.3 is 5.97 Å². The van der Waals surface area contributed by atoms with Crippen LogP contribution in [0.25, 0.3) is 0 Å². The molecule has 0 atom stereocenters. The third kappa shape index (κ3) is 6.38. The number of allylic oxidation sites excluding steroid dienone is 1. The van der Waals surface area contributed by atoms with E-state index in [0.717, 1.165) is 0 Å². The lowest BCUT2D eigenvalue weighted by Crippen LogP contribution is -2.26. The highest BCUT2D eigenvalue weighted by molar-refractivity contribution is 6.16. The van der Waals surface area contributed by atoms with Crippen LogP contribution < -0.4 is 0 Å². The first-order valence-corrected chi connectivity index (χ1v) is 5.58. The topological polar surface area (TPSA) is 43.4 Å². The SMILES string of the molecule is CC(=O)C(=CCC(C)C)C(=O)OC(C)(C)C. The van der Waals surface area contributed by atoms with Crippen LogP contribution in [-0.4, -0.2) is 17.4 Å². The number of carbonyl (C=O) groups excluding carboxylic acids is 2. The quantitative estimate of drug-likeness (QED) is 0.320. The lowest BCUT2D eigenvalue weighted by atomic mass is 10.1. The summed E-state index contributed by atoms with van der Waals surface area (Å²) in [5, 5.41) is 0. The predicted molar refractivity (Wildman–Crippen MR) is 64.1 cm³/mol. The maximum atomic E-state index is 11.7. The largest absolute Gasteiger partial charge is 0.456 e. The summed E-state index contributed by atoms with van der Waals surface area (Å²) < 4.78 is 5.17. The van der Waals surface area contributed by atoms with E-state index >= 15 is 0 Å². The van der Waals surface area contributed by atoms with Crippen molar-refractivity contribution in [2.45, 2.75) is 53.6 Å². The highest BCUT2D eigenvalue weighted by atomic mass is 16.6. The van der Waals surface area contributed by atoms with Crippen molar-refractivity contribution in [3.8, 4) is 0 Å². The Morgan fingerprint density at radius 1 is 1.25 bits per heavy atom. The molecule has 0 spiro atoms. The Hall–Kier alpha value is -1.12. The Labute approximate surface area is 97.9 Å². The molecule has 0 rings (SSSR count). The summed E-state index contributed by atoms with van der Waals surface area (Å²) in [7, 11) is 0. The second-order valence-corrected chi connectivity index (χ2v) is 5.31. The van der Waals surface area contributed by atoms with E-state index in [2.05, 4.69) is 0 Å². The van der Waals surface area contributed by atoms with Crippen molar-refractivity contribution < 1.29 is 14.3 Å². The Bertz CT molecular complexity index is 293. The first kappa shape index (κ1) is 14.9. The van der Waals surface area contributed by atoms with E-state index in [1.807, 2.05) is 13.8 Å². The molecule has 0 aromatic rings. The van der Waals surface area contributed by atoms with Crippen LogP contribution in [0.15, 0.2) is 11.6 Å². The van der Waals surface area contributed by atoms with Gasteiger partial charge in [0.05, 0.1) is 5.57 Å². The molecule has 0 saturated heterocycles. The molecule has 16 heavy (non-hydrogen) atoms. The number of ether oxygens (including phenoxy) is 1. The molecule has 0 heterocycles. The summed E-state index contributed by atoms with van der Waals surface area (Å²) in [6.07, 6.45) is 2.37. The summed E-state index contributed by atoms with van der Waals surface area (Å²) in [5.74, 6) is -0.354. The van der Waals surface area contributed by atoms with Crippen LogP contribution in [-0.2, 0) is 14.3 Å². The van der Waals surface area contributed by atoms with Crippen LogP contribution in [0.2, 0.25) is 0 Å². The number of esters is 1. The van der Waals surface area contributed by atoms with Gasteiger partial charge < -0.3 is 4.74 Å². The third-order valence-corrected chi connectivity index (χ3v) is 1.79. The van der Waals surface area contributed by atoms with E-state index < -0.39 is 11.6 Å². The zero-order valence-corrected chi connectivity index (χ0v) is 11.1. The smallest absolute Gasteiger partial charge is 0.341 e. The van der Waals surface area contributed by atoms with Gasteiger partial charge in [-0.2, -0.15) is 0 Å². The van der Waals surface area contributed by atoms with Gasteiger partial charge in [-0.3, -0.25) is 4.79 Å². The summed E-state index contributed by atoms with van der Waals surface area (Å²) >= 11 is 0. The highest BCUT2D eigenvalue weighted by Crippen LogP contribution is 2.13. The van der Waals surface area contributed by atoms with Crippen molar-refractivity contribution in [3.05, 3.63) is 11.6 Å². The minimum Gasteiger partial charge on any atom is -0.456 e. The first-order chi connectivity index (χ1) is 7.13. The zero-order chi connectivity index (χ0) is 12.9. The number of hydrogen-bond acceptors (Lipinski definition) is 3. The Balaban J connectivity index is 4.74. The molecule has 0 aromatic carbocycles. The monoisotopic (exact) mass is 226 g/mol. The molecular formula is C13H22O3. The molecule has 0 aliphatic heterocycles. The normalized spacial score (nSPS) is 12.8. The fraction of sp³-hybridized carbons (Fsp3) is 0.692. The molecule has 0 aliphatic carbocycles. The highest BCUT2D eigenvalue weighted by Gasteiger charge is 2.22. The summed E-state index contributed by atoms with van der Waals surface area (Å²) in [6.45, 7) is 10.8. The van der Waals surface area contributed by atoms with E-state index in [9.17, 15) is 9.59 Å². The third-order valence-electron chi connectivity index (χ3n) is 1.79. The van der Waals surface area contributed by atoms with Crippen molar-refractivity contribution in [3.63, 3.8) is 0 Å². The lowest BCUT2D eigenvalue weighted by Gasteiger charge is -2.20. The molecule has 0 amide bonds. The van der Waals surface area contributed by atoms with E-state index in [0.29, 0.717) is 12.3 Å². The van der Waals surface area contributed by atoms with Crippen LogP contribution in [0.5, 0.6) is 0 Å². The molecule has 0 N–H and O–H groups in total. The fourth-order valence-corrected chi connectivity index (χ4v) is 1.06. The molecule has 0 saturated carbocycles. The number of rotatable bonds is 4. The predicted octanol–water partition coefficient (Wildman–Crippen LogP) is 2.89. The average molecular weight is 226 g/mol. The molecule has 3 heteroatoms. The average Bonchev–Trinajstić information content (AvgIpc) is 1.98. The maximum Gasteiger partial charge on any atom is 0.341 e. The molecule has 0 radical (unpaired) electrons. The van der Waals surface area contributed by atoms with Gasteiger partial charge in [0.2, 0.25) is 0 Å². The van der Waals surface area contributed by atoms with Crippen molar-refractivity contribution >= 4 is 11.8 Å². The summed E-state index contributed by atoms with van der Waals surface area (Å²) in [4.78, 5) is 23.0. The van der Waals surface area contributed by atoms with Gasteiger partial charge in [-0.15, -0.1) is 0 Å². The van der Waals surface area contributed by atoms with Crippen molar-refractivity contribution in [2.24, 2.45) is 5.92 Å². The summed E-state index contributed by atoms with van der Waals surface area (Å²) in [6, 6.07) is 0. The van der Waals surface area contributed by atoms with Crippen LogP contribution in [0.3, 0.4) is 0 Å². The molecule has 0 aromatic heterocycles. The van der Waals surface area contributed by atoms with Gasteiger partial charge in [0.15, 0.2) is 5.78 Å². The Kier molecular flexibility index (Phi) is 5.42. The van der Waals surface area contributed by atoms with E-state index in [1.165, 1.54) is 6.92 Å². The van der Waals surface area contributed by atoms with Crippen molar-refractivity contribution in [1.29, 1.82) is 0 Å². The fourth-order valence-electron chi connectivity index (χ4n) is 1.06. The second kappa shape index (κ2) is 5.83. The van der Waals surface area contributed by atoms with Crippen LogP contribution >= 0.6 is 0 Å². The zero-order valence-electron chi connectivity index (χ0n) is 11.1. The van der Waals surface area contributed by atoms with E-state index in [-0.39, 0.29) is 11.4 Å². The van der Waals surface area contributed by atoms with E-state index in [4.69, 9.17) is 4.74 Å². The van der Waals surface area contributed by atoms with Crippen LogP contribution in [0.4, 0.5) is 0 Å². The molecule has 0 fully saturated rings. The van der Waals surface area contributed by atoms with Crippen molar-refractivity contribution in [1.82, 2.24) is 0 Å². The lowest BCUT2D eigenvalue weighted by molar-refractivity contribution is -0.150. The Morgan fingerprint density at radius 3 is 2.06 bits per heavy atom. The van der Waals surface area contributed by atoms with Gasteiger partial charge in [0.1, 0.15) is 5.60 Å². The molecule has 92 valence electrons. The van der Waals surface area contributed by atoms with Gasteiger partial charge in [-0.05, 0) is 40.0 Å². The Morgan fingerprint density at radius 2 is 1.75 bits per heavy atom. The van der Waals surface area contributed by atoms with Crippen LogP contribution in [0, 0.1) is 5.92 Å². The summed E-state index contributed by atoms with van der Waals surface area (Å²) in [5.41, 5.74) is -0.410. The number of hydrogen-bond donors (Lipinski definition) is 0. The molecule has 3 nitrogen and oxygen atoms in total.